The molecule has 218 valence electrons. The van der Waals surface area contributed by atoms with Crippen molar-refractivity contribution in [3.05, 3.63) is 136 Å². The molecule has 0 saturated carbocycles. The summed E-state index contributed by atoms with van der Waals surface area (Å²) in [6.45, 7) is 6.07. The zero-order valence-electron chi connectivity index (χ0n) is 24.8. The van der Waals surface area contributed by atoms with Crippen LogP contribution in [0.5, 0.6) is 5.75 Å². The van der Waals surface area contributed by atoms with Crippen molar-refractivity contribution < 1.29 is 9.53 Å². The molecule has 4 aromatic carbocycles. The van der Waals surface area contributed by atoms with Crippen LogP contribution in [0.3, 0.4) is 0 Å². The molecule has 1 aliphatic heterocycles. The van der Waals surface area contributed by atoms with Gasteiger partial charge in [-0.2, -0.15) is 0 Å². The van der Waals surface area contributed by atoms with Crippen molar-refractivity contribution in [1.82, 2.24) is 19.4 Å². The number of ether oxygens (including phenoxy) is 1. The van der Waals surface area contributed by atoms with Crippen LogP contribution in [0, 0.1) is 0 Å². The van der Waals surface area contributed by atoms with E-state index in [0.29, 0.717) is 47.8 Å². The monoisotopic (exact) mass is 572 g/mol. The molecule has 1 fully saturated rings. The van der Waals surface area contributed by atoms with Crippen molar-refractivity contribution in [3.63, 3.8) is 0 Å². The topological polar surface area (TPSA) is 67.7 Å². The number of carbonyl (C=O) groups is 1. The average Bonchev–Trinajstić information content (AvgIpc) is 3.05. The Morgan fingerprint density at radius 3 is 2.09 bits per heavy atom. The highest BCUT2D eigenvalue weighted by Crippen LogP contribution is 2.32. The molecule has 5 aromatic rings. The summed E-state index contributed by atoms with van der Waals surface area (Å²) >= 11 is 0. The van der Waals surface area contributed by atoms with E-state index in [9.17, 15) is 9.59 Å². The Morgan fingerprint density at radius 2 is 1.44 bits per heavy atom. The van der Waals surface area contributed by atoms with Crippen LogP contribution in [0.15, 0.2) is 114 Å². The van der Waals surface area contributed by atoms with Gasteiger partial charge in [-0.15, -0.1) is 0 Å². The molecule has 0 spiro atoms. The maximum Gasteiger partial charge on any atom is 0.266 e. The van der Waals surface area contributed by atoms with Crippen molar-refractivity contribution in [2.24, 2.45) is 0 Å². The fourth-order valence-corrected chi connectivity index (χ4v) is 6.24. The molecule has 0 N–H and O–H groups in total. The van der Waals surface area contributed by atoms with Gasteiger partial charge in [0, 0.05) is 25.7 Å². The molecule has 0 radical (unpaired) electrons. The van der Waals surface area contributed by atoms with Gasteiger partial charge in [0.15, 0.2) is 0 Å². The van der Waals surface area contributed by atoms with E-state index >= 15 is 0 Å². The maximum absolute atomic E-state index is 14.2. The number of piperazine rings is 1. The van der Waals surface area contributed by atoms with Gasteiger partial charge >= 0.3 is 0 Å². The summed E-state index contributed by atoms with van der Waals surface area (Å²) in [6.07, 6.45) is 0. The third kappa shape index (κ3) is 5.44. The van der Waals surface area contributed by atoms with Crippen LogP contribution in [0.25, 0.3) is 16.6 Å². The lowest BCUT2D eigenvalue weighted by Gasteiger charge is -2.43. The number of hydrogen-bond donors (Lipinski definition) is 0. The quantitative estimate of drug-likeness (QED) is 0.246. The molecule has 0 bridgehead atoms. The number of rotatable bonds is 7. The smallest absolute Gasteiger partial charge is 0.266 e. The van der Waals surface area contributed by atoms with Gasteiger partial charge in [-0.05, 0) is 49.2 Å². The van der Waals surface area contributed by atoms with Crippen LogP contribution in [0.2, 0.25) is 0 Å². The number of carbonyl (C=O) groups excluding carboxylic acids is 1. The molecular formula is C36H36N4O3. The average molecular weight is 573 g/mol. The molecule has 1 amide bonds. The number of fused-ring (bicyclic) bond motifs is 1. The summed E-state index contributed by atoms with van der Waals surface area (Å²) in [5.41, 5.74) is 3.17. The van der Waals surface area contributed by atoms with E-state index in [0.717, 1.165) is 11.1 Å². The largest absolute Gasteiger partial charge is 0.495 e. The summed E-state index contributed by atoms with van der Waals surface area (Å²) < 4.78 is 7.34. The number of amides is 1. The van der Waals surface area contributed by atoms with Crippen molar-refractivity contribution >= 4 is 16.8 Å². The lowest BCUT2D eigenvalue weighted by Crippen LogP contribution is -2.55. The predicted octanol–water partition coefficient (Wildman–Crippen LogP) is 5.82. The minimum Gasteiger partial charge on any atom is -0.495 e. The highest BCUT2D eigenvalue weighted by atomic mass is 16.5. The Bertz CT molecular complexity index is 1750. The number of benzene rings is 4. The van der Waals surface area contributed by atoms with Gasteiger partial charge in [0.25, 0.3) is 5.56 Å². The maximum atomic E-state index is 14.2. The van der Waals surface area contributed by atoms with Crippen molar-refractivity contribution in [1.29, 1.82) is 0 Å². The molecule has 7 heteroatoms. The molecule has 7 nitrogen and oxygen atoms in total. The Labute approximate surface area is 252 Å². The molecule has 43 heavy (non-hydrogen) atoms. The van der Waals surface area contributed by atoms with Gasteiger partial charge in [0.05, 0.1) is 35.7 Å². The van der Waals surface area contributed by atoms with Crippen molar-refractivity contribution in [3.8, 4) is 11.4 Å². The molecule has 2 heterocycles. The van der Waals surface area contributed by atoms with Crippen molar-refractivity contribution in [2.75, 3.05) is 26.7 Å². The Morgan fingerprint density at radius 1 is 0.837 bits per heavy atom. The van der Waals surface area contributed by atoms with Crippen LogP contribution < -0.4 is 10.3 Å². The van der Waals surface area contributed by atoms with Crippen LogP contribution in [0.1, 0.15) is 42.8 Å². The van der Waals surface area contributed by atoms with Gasteiger partial charge in [0.1, 0.15) is 11.6 Å². The fraction of sp³-hybridized carbons (Fsp3) is 0.250. The zero-order valence-corrected chi connectivity index (χ0v) is 24.8. The predicted molar refractivity (Wildman–Crippen MR) is 170 cm³/mol. The summed E-state index contributed by atoms with van der Waals surface area (Å²) in [6, 6.07) is 34.8. The lowest BCUT2D eigenvalue weighted by molar-refractivity contribution is -0.136. The lowest BCUT2D eigenvalue weighted by atomic mass is 9.89. The highest BCUT2D eigenvalue weighted by Gasteiger charge is 2.36. The van der Waals surface area contributed by atoms with E-state index in [-0.39, 0.29) is 29.5 Å². The zero-order chi connectivity index (χ0) is 29.9. The number of para-hydroxylation sites is 3. The molecule has 2 unspecified atom stereocenters. The van der Waals surface area contributed by atoms with E-state index in [2.05, 4.69) is 18.7 Å². The van der Waals surface area contributed by atoms with Crippen LogP contribution in [-0.2, 0) is 4.79 Å². The van der Waals surface area contributed by atoms with Crippen LogP contribution >= 0.6 is 0 Å². The molecule has 1 aliphatic rings. The summed E-state index contributed by atoms with van der Waals surface area (Å²) in [5.74, 6) is 0.983. The number of hydrogen-bond acceptors (Lipinski definition) is 5. The minimum absolute atomic E-state index is 0.0366. The normalized spacial score (nSPS) is 16.4. The van der Waals surface area contributed by atoms with E-state index in [4.69, 9.17) is 9.72 Å². The van der Waals surface area contributed by atoms with Crippen molar-refractivity contribution in [2.45, 2.75) is 31.8 Å². The first-order valence-corrected chi connectivity index (χ1v) is 14.8. The molecule has 0 aliphatic carbocycles. The first kappa shape index (κ1) is 28.4. The second-order valence-corrected chi connectivity index (χ2v) is 11.1. The van der Waals surface area contributed by atoms with Gasteiger partial charge in [0.2, 0.25) is 5.91 Å². The van der Waals surface area contributed by atoms with Gasteiger partial charge < -0.3 is 9.64 Å². The minimum atomic E-state index is -0.369. The number of aromatic nitrogens is 2. The third-order valence-electron chi connectivity index (χ3n) is 8.50. The van der Waals surface area contributed by atoms with Crippen LogP contribution in [-0.4, -0.2) is 58.0 Å². The van der Waals surface area contributed by atoms with E-state index in [1.165, 1.54) is 0 Å². The van der Waals surface area contributed by atoms with Gasteiger partial charge in [-0.1, -0.05) is 84.9 Å². The second-order valence-electron chi connectivity index (χ2n) is 11.1. The fourth-order valence-electron chi connectivity index (χ4n) is 6.24. The summed E-state index contributed by atoms with van der Waals surface area (Å²) in [7, 11) is 1.61. The first-order valence-electron chi connectivity index (χ1n) is 14.8. The standard InChI is InChI=1S/C36H36N4O3/c1-25-24-38(22-23-39(25)36(42)33(27-14-6-4-7-15-27)28-16-8-5-9-17-28)26(2)34-37-30-19-11-10-18-29(30)35(41)40(34)31-20-12-13-21-32(31)43-3/h4-21,25-26,33H,22-24H2,1-3H3. The second kappa shape index (κ2) is 12.2. The Hall–Kier alpha value is -4.75. The van der Waals surface area contributed by atoms with Gasteiger partial charge in [-0.25, -0.2) is 4.98 Å². The summed E-state index contributed by atoms with van der Waals surface area (Å²) in [5, 5.41) is 0.556. The van der Waals surface area contributed by atoms with Gasteiger partial charge in [-0.3, -0.25) is 19.1 Å². The molecule has 2 atom stereocenters. The number of methoxy groups -OCH3 is 1. The SMILES string of the molecule is COc1ccccc1-n1c(C(C)N2CCN(C(=O)C(c3ccccc3)c3ccccc3)C(C)C2)nc2ccccc2c1=O. The molecule has 6 rings (SSSR count). The van der Waals surface area contributed by atoms with E-state index < -0.39 is 0 Å². The summed E-state index contributed by atoms with van der Waals surface area (Å²) in [4.78, 5) is 37.5. The number of nitrogens with zero attached hydrogens (tertiary/aromatic N) is 4. The van der Waals surface area contributed by atoms with Crippen LogP contribution in [0.4, 0.5) is 0 Å². The Kier molecular flexibility index (Phi) is 8.07. The molecule has 1 saturated heterocycles. The molecule has 1 aromatic heterocycles. The highest BCUT2D eigenvalue weighted by molar-refractivity contribution is 5.87. The first-order chi connectivity index (χ1) is 21.0. The molecular weight excluding hydrogens is 536 g/mol. The van der Waals surface area contributed by atoms with E-state index in [1.807, 2.05) is 114 Å². The van der Waals surface area contributed by atoms with E-state index in [1.54, 1.807) is 11.7 Å². The Balaban J connectivity index is 1.32. The third-order valence-corrected chi connectivity index (χ3v) is 8.50.